The van der Waals surface area contributed by atoms with E-state index in [0.717, 1.165) is 30.3 Å². The Bertz CT molecular complexity index is 821. The van der Waals surface area contributed by atoms with Gasteiger partial charge in [-0.2, -0.15) is 0 Å². The number of nitrogens with zero attached hydrogens (tertiary/aromatic N) is 1. The molecule has 0 unspecified atom stereocenters. The molecular weight excluding hydrogens is 292 g/mol. The summed E-state index contributed by atoms with van der Waals surface area (Å²) in [6.07, 6.45) is 2.60. The Kier molecular flexibility index (Phi) is 4.11. The third-order valence-corrected chi connectivity index (χ3v) is 4.40. The Morgan fingerprint density at radius 1 is 1.39 bits per heavy atom. The molecule has 2 heterocycles. The molecule has 0 saturated heterocycles. The van der Waals surface area contributed by atoms with Gasteiger partial charge in [-0.25, -0.2) is 0 Å². The molecule has 0 bridgehead atoms. The van der Waals surface area contributed by atoms with Gasteiger partial charge in [0.2, 0.25) is 11.3 Å². The number of aromatic hydroxyl groups is 1. The molecule has 1 aliphatic heterocycles. The smallest absolute Gasteiger partial charge is 0.260 e. The van der Waals surface area contributed by atoms with Crippen molar-refractivity contribution in [1.82, 2.24) is 9.88 Å². The lowest BCUT2D eigenvalue weighted by molar-refractivity contribution is 0.0947. The second-order valence-electron chi connectivity index (χ2n) is 6.53. The third kappa shape index (κ3) is 2.71. The number of aryl methyl sites for hydroxylation is 2. The fourth-order valence-corrected chi connectivity index (χ4v) is 3.18. The predicted molar refractivity (Wildman–Crippen MR) is 90.0 cm³/mol. The summed E-state index contributed by atoms with van der Waals surface area (Å²) in [6.45, 7) is 5.25. The van der Waals surface area contributed by atoms with E-state index in [4.69, 9.17) is 0 Å². The van der Waals surface area contributed by atoms with Crippen LogP contribution in [0.1, 0.15) is 42.6 Å². The van der Waals surface area contributed by atoms with Gasteiger partial charge in [0.05, 0.1) is 5.52 Å². The summed E-state index contributed by atoms with van der Waals surface area (Å²) in [6, 6.07) is 5.54. The first-order chi connectivity index (χ1) is 11.0. The molecule has 3 rings (SSSR count). The number of hydrogen-bond acceptors (Lipinski definition) is 3. The minimum absolute atomic E-state index is 0.139. The maximum Gasteiger partial charge on any atom is 0.260 e. The number of aromatic nitrogens is 1. The Labute approximate surface area is 134 Å². The van der Waals surface area contributed by atoms with Gasteiger partial charge in [0.1, 0.15) is 5.56 Å². The maximum absolute atomic E-state index is 12.7. The highest BCUT2D eigenvalue weighted by Crippen LogP contribution is 2.29. The summed E-state index contributed by atoms with van der Waals surface area (Å²) in [7, 11) is 0. The minimum atomic E-state index is -0.491. The number of pyridine rings is 1. The number of carbonyl (C=O) groups is 1. The van der Waals surface area contributed by atoms with Crippen LogP contribution < -0.4 is 10.7 Å². The largest absolute Gasteiger partial charge is 0.494 e. The van der Waals surface area contributed by atoms with Crippen molar-refractivity contribution in [2.45, 2.75) is 39.7 Å². The number of hydrogen-bond donors (Lipinski definition) is 2. The Hall–Kier alpha value is -2.30. The van der Waals surface area contributed by atoms with Gasteiger partial charge in [-0.1, -0.05) is 26.0 Å². The summed E-state index contributed by atoms with van der Waals surface area (Å²) in [5.41, 5.74) is 1.28. The fraction of sp³-hybridized carbons (Fsp3) is 0.444. The maximum atomic E-state index is 12.7. The first-order valence-electron chi connectivity index (χ1n) is 8.16. The molecule has 1 aliphatic rings. The van der Waals surface area contributed by atoms with Gasteiger partial charge < -0.3 is 15.0 Å². The van der Waals surface area contributed by atoms with E-state index >= 15 is 0 Å². The zero-order valence-electron chi connectivity index (χ0n) is 13.6. The van der Waals surface area contributed by atoms with E-state index in [-0.39, 0.29) is 16.9 Å². The quantitative estimate of drug-likeness (QED) is 0.910. The predicted octanol–water partition coefficient (Wildman–Crippen LogP) is 2.43. The average molecular weight is 314 g/mol. The molecule has 1 amide bonds. The average Bonchev–Trinajstić information content (AvgIpc) is 2.52. The zero-order valence-corrected chi connectivity index (χ0v) is 13.6. The van der Waals surface area contributed by atoms with Crippen LogP contribution in [0.4, 0.5) is 0 Å². The van der Waals surface area contributed by atoms with Crippen LogP contribution in [-0.2, 0) is 13.0 Å². The van der Waals surface area contributed by atoms with E-state index in [0.29, 0.717) is 24.4 Å². The van der Waals surface area contributed by atoms with E-state index in [9.17, 15) is 14.7 Å². The van der Waals surface area contributed by atoms with Gasteiger partial charge in [0.25, 0.3) is 5.91 Å². The lowest BCUT2D eigenvalue weighted by Gasteiger charge is -2.22. The Morgan fingerprint density at radius 3 is 2.91 bits per heavy atom. The van der Waals surface area contributed by atoms with Crippen LogP contribution in [0.25, 0.3) is 10.9 Å². The van der Waals surface area contributed by atoms with E-state index in [1.165, 1.54) is 0 Å². The van der Waals surface area contributed by atoms with Gasteiger partial charge in [-0.3, -0.25) is 9.59 Å². The molecule has 0 fully saturated rings. The van der Waals surface area contributed by atoms with Crippen molar-refractivity contribution in [3.05, 3.63) is 39.5 Å². The van der Waals surface area contributed by atoms with Crippen molar-refractivity contribution in [1.29, 1.82) is 0 Å². The molecule has 0 radical (unpaired) electrons. The topological polar surface area (TPSA) is 71.3 Å². The van der Waals surface area contributed by atoms with E-state index in [1.54, 1.807) is 10.6 Å². The summed E-state index contributed by atoms with van der Waals surface area (Å²) in [5, 5.41) is 13.8. The first kappa shape index (κ1) is 15.6. The van der Waals surface area contributed by atoms with Gasteiger partial charge >= 0.3 is 0 Å². The van der Waals surface area contributed by atoms with Crippen LogP contribution in [0.2, 0.25) is 0 Å². The molecule has 5 heteroatoms. The zero-order chi connectivity index (χ0) is 16.6. The summed E-state index contributed by atoms with van der Waals surface area (Å²) in [4.78, 5) is 25.1. The number of rotatable bonds is 4. The van der Waals surface area contributed by atoms with Crippen LogP contribution >= 0.6 is 0 Å². The molecular formula is C18H22N2O3. The first-order valence-corrected chi connectivity index (χ1v) is 8.16. The third-order valence-electron chi connectivity index (χ3n) is 4.40. The molecule has 1 aromatic carbocycles. The highest BCUT2D eigenvalue weighted by Gasteiger charge is 2.24. The van der Waals surface area contributed by atoms with Crippen molar-refractivity contribution in [3.63, 3.8) is 0 Å². The lowest BCUT2D eigenvalue weighted by atomic mass is 9.99. The van der Waals surface area contributed by atoms with Crippen LogP contribution in [0.3, 0.4) is 0 Å². The molecule has 0 aliphatic carbocycles. The molecule has 0 saturated carbocycles. The van der Waals surface area contributed by atoms with Crippen LogP contribution in [-0.4, -0.2) is 22.1 Å². The summed E-state index contributed by atoms with van der Waals surface area (Å²) in [5.74, 6) is -0.239. The standard InChI is InChI=1S/C18H22N2O3/c1-11(2)8-9-19-17(22)14-16(21)13-7-3-5-12-6-4-10-20(15(12)13)18(14)23/h3,5,7,11,23H,4,6,8-10H2,1-2H3,(H,19,22). The normalized spacial score (nSPS) is 13.5. The number of para-hydroxylation sites is 1. The van der Waals surface area contributed by atoms with Crippen LogP contribution in [0.15, 0.2) is 23.0 Å². The SMILES string of the molecule is CC(C)CCNC(=O)c1c(O)n2c3c(cccc3c1=O)CCC2. The molecule has 1 aromatic heterocycles. The monoisotopic (exact) mass is 314 g/mol. The van der Waals surface area contributed by atoms with Gasteiger partial charge in [-0.05, 0) is 36.8 Å². The molecule has 0 spiro atoms. The Balaban J connectivity index is 2.08. The van der Waals surface area contributed by atoms with Crippen LogP contribution in [0.5, 0.6) is 5.88 Å². The molecule has 122 valence electrons. The number of benzene rings is 1. The van der Waals surface area contributed by atoms with Crippen LogP contribution in [0, 0.1) is 5.92 Å². The van der Waals surface area contributed by atoms with Gasteiger partial charge in [0.15, 0.2) is 0 Å². The van der Waals surface area contributed by atoms with Crippen molar-refractivity contribution in [2.24, 2.45) is 5.92 Å². The highest BCUT2D eigenvalue weighted by molar-refractivity contribution is 6.00. The minimum Gasteiger partial charge on any atom is -0.494 e. The second-order valence-corrected chi connectivity index (χ2v) is 6.53. The number of amides is 1. The van der Waals surface area contributed by atoms with Crippen molar-refractivity contribution in [2.75, 3.05) is 6.54 Å². The van der Waals surface area contributed by atoms with Gasteiger partial charge in [-0.15, -0.1) is 0 Å². The van der Waals surface area contributed by atoms with E-state index in [2.05, 4.69) is 19.2 Å². The van der Waals surface area contributed by atoms with Crippen molar-refractivity contribution < 1.29 is 9.90 Å². The van der Waals surface area contributed by atoms with E-state index < -0.39 is 5.91 Å². The number of nitrogens with one attached hydrogen (secondary N) is 1. The van der Waals surface area contributed by atoms with Crippen molar-refractivity contribution in [3.8, 4) is 5.88 Å². The molecule has 2 aromatic rings. The highest BCUT2D eigenvalue weighted by atomic mass is 16.3. The molecule has 5 nitrogen and oxygen atoms in total. The van der Waals surface area contributed by atoms with Gasteiger partial charge in [0, 0.05) is 18.5 Å². The van der Waals surface area contributed by atoms with Crippen molar-refractivity contribution >= 4 is 16.8 Å². The molecule has 23 heavy (non-hydrogen) atoms. The second kappa shape index (κ2) is 6.07. The molecule has 2 N–H and O–H groups in total. The lowest BCUT2D eigenvalue weighted by Crippen LogP contribution is -2.32. The number of carbonyl (C=O) groups excluding carboxylic acids is 1. The fourth-order valence-electron chi connectivity index (χ4n) is 3.18. The van der Waals surface area contributed by atoms with E-state index in [1.807, 2.05) is 12.1 Å². The summed E-state index contributed by atoms with van der Waals surface area (Å²) >= 11 is 0. The molecule has 0 atom stereocenters. The summed E-state index contributed by atoms with van der Waals surface area (Å²) < 4.78 is 1.70. The Morgan fingerprint density at radius 2 is 2.17 bits per heavy atom.